The molecule has 0 spiro atoms. The minimum absolute atomic E-state index is 0. The van der Waals surface area contributed by atoms with E-state index in [0.717, 1.165) is 22.4 Å². The van der Waals surface area contributed by atoms with Crippen molar-refractivity contribution in [1.82, 2.24) is 0 Å². The molecule has 2 rings (SSSR count). The van der Waals surface area contributed by atoms with E-state index in [0.29, 0.717) is 0 Å². The Hall–Kier alpha value is 0.371. The van der Waals surface area contributed by atoms with Gasteiger partial charge in [-0.2, -0.15) is 12.2 Å². The van der Waals surface area contributed by atoms with E-state index in [1.54, 1.807) is 0 Å². The second kappa shape index (κ2) is 19.9. The third kappa shape index (κ3) is 20.4. The van der Waals surface area contributed by atoms with E-state index in [1.165, 1.54) is 0 Å². The molecule has 80 valence electrons. The molecule has 0 atom stereocenters. The molecule has 2 aliphatic rings. The van der Waals surface area contributed by atoms with E-state index in [1.807, 2.05) is 24.3 Å². The smallest absolute Gasteiger partial charge is 1.00 e. The van der Waals surface area contributed by atoms with Crippen molar-refractivity contribution in [3.05, 3.63) is 48.6 Å². The summed E-state index contributed by atoms with van der Waals surface area (Å²) in [5, 5.41) is 0. The Labute approximate surface area is 122 Å². The van der Waals surface area contributed by atoms with Crippen molar-refractivity contribution in [2.45, 2.75) is 25.9 Å². The molecule has 0 aliphatic heterocycles. The van der Waals surface area contributed by atoms with Crippen molar-refractivity contribution in [1.29, 1.82) is 0 Å². The predicted molar refractivity (Wildman–Crippen MR) is 62.0 cm³/mol. The Morgan fingerprint density at radius 1 is 0.933 bits per heavy atom. The maximum Gasteiger partial charge on any atom is 3.00 e. The molecule has 0 unspecified atom stereocenters. The average Bonchev–Trinajstić information content (AvgIpc) is 2.85. The van der Waals surface area contributed by atoms with E-state index in [-0.39, 0.29) is 38.7 Å². The predicted octanol–water partition coefficient (Wildman–Crippen LogP) is 0.132. The summed E-state index contributed by atoms with van der Waals surface area (Å²) < 4.78 is 0. The maximum atomic E-state index is 2.99. The van der Waals surface area contributed by atoms with E-state index in [9.17, 15) is 0 Å². The zero-order chi connectivity index (χ0) is 9.78. The van der Waals surface area contributed by atoms with Gasteiger partial charge < -0.3 is 17.0 Å². The quantitative estimate of drug-likeness (QED) is 0.440. The Kier molecular flexibility index (Phi) is 27.5. The molecule has 0 heterocycles. The molecular weight excluding hydrogens is 300 g/mol. The first-order chi connectivity index (χ1) is 6.41. The van der Waals surface area contributed by atoms with Crippen LogP contribution in [0.5, 0.6) is 0 Å². The van der Waals surface area contributed by atoms with E-state index in [4.69, 9.17) is 0 Å². The molecule has 2 aliphatic carbocycles. The van der Waals surface area contributed by atoms with Crippen molar-refractivity contribution in [3.8, 4) is 0 Å². The van der Waals surface area contributed by atoms with Crippen LogP contribution in [0.15, 0.2) is 36.5 Å². The van der Waals surface area contributed by atoms with Crippen LogP contribution in [0.1, 0.15) is 12.8 Å². The van der Waals surface area contributed by atoms with Gasteiger partial charge >= 0.3 is 21.7 Å². The van der Waals surface area contributed by atoms with E-state index >= 15 is 0 Å². The number of rotatable bonds is 0. The van der Waals surface area contributed by atoms with Crippen LogP contribution in [-0.4, -0.2) is 9.52 Å². The largest absolute Gasteiger partial charge is 3.00 e. The average molecular weight is 317 g/mol. The van der Waals surface area contributed by atoms with Crippen molar-refractivity contribution in [2.75, 3.05) is 0 Å². The fourth-order valence-electron chi connectivity index (χ4n) is 0.680. The summed E-state index contributed by atoms with van der Waals surface area (Å²) in [6.07, 6.45) is 20.0. The zero-order valence-corrected chi connectivity index (χ0v) is 13.6. The topological polar surface area (TPSA) is 0 Å². The third-order valence-electron chi connectivity index (χ3n) is 1.17. The molecule has 0 nitrogen and oxygen atoms in total. The summed E-state index contributed by atoms with van der Waals surface area (Å²) in [5.74, 6) is 0. The van der Waals surface area contributed by atoms with Gasteiger partial charge in [0.2, 0.25) is 0 Å². The van der Waals surface area contributed by atoms with Crippen LogP contribution in [0.3, 0.4) is 0 Å². The number of halogens is 1. The van der Waals surface area contributed by atoms with E-state index in [2.05, 4.69) is 37.4 Å². The summed E-state index contributed by atoms with van der Waals surface area (Å²) in [7, 11) is 0.750. The Morgan fingerprint density at radius 3 is 1.33 bits per heavy atom. The Bertz CT molecular complexity index is 166. The molecule has 0 saturated heterocycles. The number of hydrogen-bond acceptors (Lipinski definition) is 0. The van der Waals surface area contributed by atoms with Crippen LogP contribution < -0.4 is 17.0 Å². The molecule has 0 aromatic heterocycles. The molecule has 0 fully saturated rings. The molecule has 15 heavy (non-hydrogen) atoms. The first kappa shape index (κ1) is 20.7. The minimum Gasteiger partial charge on any atom is -1.00 e. The van der Waals surface area contributed by atoms with Gasteiger partial charge in [0.05, 0.1) is 0 Å². The van der Waals surface area contributed by atoms with Gasteiger partial charge in [0.1, 0.15) is 0 Å². The van der Waals surface area contributed by atoms with Gasteiger partial charge in [-0.25, -0.2) is 24.3 Å². The molecule has 0 bridgehead atoms. The molecule has 3 heteroatoms. The molecule has 0 N–H and O–H groups in total. The molecule has 0 amide bonds. The van der Waals surface area contributed by atoms with Gasteiger partial charge in [0.25, 0.3) is 0 Å². The second-order valence-electron chi connectivity index (χ2n) is 2.58. The third-order valence-corrected chi connectivity index (χ3v) is 1.17. The first-order valence-electron chi connectivity index (χ1n) is 4.59. The molecule has 2 radical (unpaired) electrons. The molecule has 0 aromatic rings. The van der Waals surface area contributed by atoms with Crippen LogP contribution in [0.2, 0.25) is 13.1 Å². The maximum absolute atomic E-state index is 2.99. The van der Waals surface area contributed by atoms with Gasteiger partial charge in [-0.15, -0.1) is 12.8 Å². The summed E-state index contributed by atoms with van der Waals surface area (Å²) in [5.41, 5.74) is 0. The van der Waals surface area contributed by atoms with Gasteiger partial charge in [-0.05, 0) is 0 Å². The van der Waals surface area contributed by atoms with Gasteiger partial charge in [0, 0.05) is 9.52 Å². The second-order valence-corrected chi connectivity index (χ2v) is 3.74. The summed E-state index contributed by atoms with van der Waals surface area (Å²) in [6, 6.07) is 0. The number of allylic oxidation sites excluding steroid dienone is 8. The normalized spacial score (nSPS) is 12.9. The standard InChI is InChI=1S/2C5H5.C2H7Si.BrH.Ti/c2*1-2-4-5-3-1;1-3-2;;/h2*1-3H,4H2;3H,1-2H3;1H;/q2*-1;;;+3/p-1. The van der Waals surface area contributed by atoms with Crippen LogP contribution in [0.4, 0.5) is 0 Å². The van der Waals surface area contributed by atoms with Crippen LogP contribution >= 0.6 is 0 Å². The Balaban J connectivity index is -0.000000140. The van der Waals surface area contributed by atoms with Crippen LogP contribution in [0.25, 0.3) is 0 Å². The Morgan fingerprint density at radius 2 is 1.27 bits per heavy atom. The van der Waals surface area contributed by atoms with Crippen molar-refractivity contribution >= 4 is 9.52 Å². The monoisotopic (exact) mass is 316 g/mol. The van der Waals surface area contributed by atoms with Gasteiger partial charge in [0.15, 0.2) is 0 Å². The van der Waals surface area contributed by atoms with Crippen molar-refractivity contribution in [3.63, 3.8) is 0 Å². The molecule has 0 saturated carbocycles. The van der Waals surface area contributed by atoms with Gasteiger partial charge in [-0.3, -0.25) is 12.2 Å². The summed E-state index contributed by atoms with van der Waals surface area (Å²) in [4.78, 5) is 0. The van der Waals surface area contributed by atoms with Crippen molar-refractivity contribution < 1.29 is 38.7 Å². The van der Waals surface area contributed by atoms with Crippen molar-refractivity contribution in [2.24, 2.45) is 0 Å². The van der Waals surface area contributed by atoms with Gasteiger partial charge in [-0.1, -0.05) is 13.1 Å². The minimum atomic E-state index is 0. The van der Waals surface area contributed by atoms with E-state index < -0.39 is 0 Å². The van der Waals surface area contributed by atoms with Crippen LogP contribution in [0, 0.1) is 12.2 Å². The fourth-order valence-corrected chi connectivity index (χ4v) is 0.680. The fraction of sp³-hybridized carbons (Fsp3) is 0.333. The SMILES string of the molecule is C[SiH]C.[Br-].[C-]1=CC=CC1.[C-]1=CC=CC1.[Ti+3]. The number of hydrogen-bond donors (Lipinski definition) is 0. The zero-order valence-electron chi connectivity index (χ0n) is 9.33. The molecular formula is C12H17BrSiTi. The van der Waals surface area contributed by atoms with Crippen LogP contribution in [-0.2, 0) is 21.7 Å². The first-order valence-corrected chi connectivity index (χ1v) is 6.90. The summed E-state index contributed by atoms with van der Waals surface area (Å²) >= 11 is 0. The summed E-state index contributed by atoms with van der Waals surface area (Å²) in [6.45, 7) is 4.42. The molecule has 0 aromatic carbocycles.